The number of nitrogens with one attached hydrogen (secondary N) is 2. The Labute approximate surface area is 126 Å². The topological polar surface area (TPSA) is 121 Å². The van der Waals surface area contributed by atoms with Gasteiger partial charge in [0.05, 0.1) is 4.90 Å². The maximum absolute atomic E-state index is 12.1. The van der Waals surface area contributed by atoms with Crippen LogP contribution in [0.15, 0.2) is 59.9 Å². The largest absolute Gasteiger partial charge is 0.478 e. The van der Waals surface area contributed by atoms with Crippen molar-refractivity contribution in [3.05, 3.63) is 55.0 Å². The first kappa shape index (κ1) is 15.4. The first-order valence-corrected chi connectivity index (χ1v) is 7.51. The Hall–Kier alpha value is -2.94. The average molecular weight is 320 g/mol. The van der Waals surface area contributed by atoms with Gasteiger partial charge in [0.25, 0.3) is 10.0 Å². The van der Waals surface area contributed by atoms with Crippen LogP contribution in [-0.2, 0) is 14.8 Å². The molecule has 0 saturated carbocycles. The Morgan fingerprint density at radius 2 is 1.77 bits per heavy atom. The number of hydrogen-bond acceptors (Lipinski definition) is 6. The smallest absolute Gasteiger partial charge is 0.329 e. The molecule has 2 aromatic rings. The molecule has 114 valence electrons. The quantitative estimate of drug-likeness (QED) is 0.685. The normalized spacial score (nSPS) is 11.3. The number of benzene rings is 1. The summed E-state index contributed by atoms with van der Waals surface area (Å²) in [7, 11) is -3.78. The van der Waals surface area contributed by atoms with Crippen LogP contribution in [0.1, 0.15) is 0 Å². The monoisotopic (exact) mass is 320 g/mol. The molecule has 0 radical (unpaired) electrons. The highest BCUT2D eigenvalue weighted by Gasteiger charge is 2.14. The predicted molar refractivity (Wildman–Crippen MR) is 79.7 cm³/mol. The minimum absolute atomic E-state index is 0.0194. The van der Waals surface area contributed by atoms with Gasteiger partial charge in [-0.05, 0) is 30.3 Å². The third-order valence-corrected chi connectivity index (χ3v) is 3.78. The molecule has 0 atom stereocenters. The molecule has 1 heterocycles. The Kier molecular flexibility index (Phi) is 4.69. The fourth-order valence-corrected chi connectivity index (χ4v) is 2.43. The Bertz CT molecular complexity index is 773. The summed E-state index contributed by atoms with van der Waals surface area (Å²) in [6.07, 6.45) is 5.01. The number of hydrogen-bond donors (Lipinski definition) is 3. The van der Waals surface area contributed by atoms with Crippen molar-refractivity contribution in [2.75, 3.05) is 10.0 Å². The third kappa shape index (κ3) is 4.28. The fourth-order valence-electron chi connectivity index (χ4n) is 1.47. The SMILES string of the molecule is O=C(O)C=CNc1ccc(S(=O)(=O)Nc2ncccn2)cc1. The summed E-state index contributed by atoms with van der Waals surface area (Å²) in [5.74, 6) is -1.10. The van der Waals surface area contributed by atoms with Gasteiger partial charge in [-0.2, -0.15) is 0 Å². The van der Waals surface area contributed by atoms with E-state index in [1.807, 2.05) is 0 Å². The van der Waals surface area contributed by atoms with Crippen LogP contribution in [-0.4, -0.2) is 29.5 Å². The van der Waals surface area contributed by atoms with Crippen molar-refractivity contribution in [3.63, 3.8) is 0 Å². The molecule has 22 heavy (non-hydrogen) atoms. The summed E-state index contributed by atoms with van der Waals surface area (Å²) in [6.45, 7) is 0. The molecular weight excluding hydrogens is 308 g/mol. The zero-order valence-corrected chi connectivity index (χ0v) is 12.0. The summed E-state index contributed by atoms with van der Waals surface area (Å²) in [5.41, 5.74) is 0.549. The molecule has 0 fully saturated rings. The van der Waals surface area contributed by atoms with E-state index in [9.17, 15) is 13.2 Å². The van der Waals surface area contributed by atoms with Crippen LogP contribution in [0.3, 0.4) is 0 Å². The summed E-state index contributed by atoms with van der Waals surface area (Å²) < 4.78 is 26.5. The maximum atomic E-state index is 12.1. The van der Waals surface area contributed by atoms with Crippen LogP contribution >= 0.6 is 0 Å². The average Bonchev–Trinajstić information content (AvgIpc) is 2.48. The van der Waals surface area contributed by atoms with Crippen LogP contribution in [0.5, 0.6) is 0 Å². The molecule has 0 aliphatic rings. The number of aromatic nitrogens is 2. The van der Waals surface area contributed by atoms with E-state index >= 15 is 0 Å². The van der Waals surface area contributed by atoms with Crippen molar-refractivity contribution in [1.82, 2.24) is 9.97 Å². The maximum Gasteiger partial charge on any atom is 0.329 e. The second-order valence-electron chi connectivity index (χ2n) is 4.02. The number of carboxylic acids is 1. The van der Waals surface area contributed by atoms with E-state index < -0.39 is 16.0 Å². The molecule has 8 nitrogen and oxygen atoms in total. The molecule has 2 rings (SSSR count). The first-order valence-electron chi connectivity index (χ1n) is 6.03. The fraction of sp³-hybridized carbons (Fsp3) is 0. The van der Waals surface area contributed by atoms with E-state index in [2.05, 4.69) is 20.0 Å². The van der Waals surface area contributed by atoms with Crippen molar-refractivity contribution in [3.8, 4) is 0 Å². The zero-order valence-electron chi connectivity index (χ0n) is 11.2. The van der Waals surface area contributed by atoms with Gasteiger partial charge < -0.3 is 10.4 Å². The van der Waals surface area contributed by atoms with Crippen LogP contribution in [0.4, 0.5) is 11.6 Å². The van der Waals surface area contributed by atoms with E-state index in [0.717, 1.165) is 6.08 Å². The second-order valence-corrected chi connectivity index (χ2v) is 5.70. The van der Waals surface area contributed by atoms with Crippen molar-refractivity contribution in [1.29, 1.82) is 0 Å². The lowest BCUT2D eigenvalue weighted by atomic mass is 10.3. The van der Waals surface area contributed by atoms with Crippen LogP contribution < -0.4 is 10.0 Å². The minimum atomic E-state index is -3.78. The summed E-state index contributed by atoms with van der Waals surface area (Å²) in [6, 6.07) is 7.34. The van der Waals surface area contributed by atoms with E-state index in [0.29, 0.717) is 5.69 Å². The third-order valence-electron chi connectivity index (χ3n) is 2.43. The van der Waals surface area contributed by atoms with Gasteiger partial charge in [0, 0.05) is 30.4 Å². The molecule has 1 aromatic carbocycles. The van der Waals surface area contributed by atoms with Crippen molar-refractivity contribution < 1.29 is 18.3 Å². The molecule has 9 heteroatoms. The van der Waals surface area contributed by atoms with Gasteiger partial charge in [0.2, 0.25) is 5.95 Å². The molecule has 0 bridgehead atoms. The van der Waals surface area contributed by atoms with E-state index in [-0.39, 0.29) is 10.8 Å². The number of rotatable bonds is 6. The van der Waals surface area contributed by atoms with E-state index in [1.54, 1.807) is 6.07 Å². The van der Waals surface area contributed by atoms with Crippen LogP contribution in [0.25, 0.3) is 0 Å². The zero-order chi connectivity index (χ0) is 16.0. The molecule has 0 amide bonds. The van der Waals surface area contributed by atoms with Gasteiger partial charge in [0.15, 0.2) is 0 Å². The molecule has 0 spiro atoms. The summed E-state index contributed by atoms with van der Waals surface area (Å²) in [4.78, 5) is 17.9. The van der Waals surface area contributed by atoms with Gasteiger partial charge in [-0.25, -0.2) is 27.9 Å². The molecule has 1 aromatic heterocycles. The van der Waals surface area contributed by atoms with Gasteiger partial charge in [-0.3, -0.25) is 0 Å². The van der Waals surface area contributed by atoms with E-state index in [4.69, 9.17) is 5.11 Å². The van der Waals surface area contributed by atoms with Gasteiger partial charge in [-0.1, -0.05) is 0 Å². The number of sulfonamides is 1. The molecule has 0 saturated heterocycles. The summed E-state index contributed by atoms with van der Waals surface area (Å²) >= 11 is 0. The molecule has 0 unspecified atom stereocenters. The number of anilines is 2. The predicted octanol–water partition coefficient (Wildman–Crippen LogP) is 1.29. The number of carbonyl (C=O) groups is 1. The van der Waals surface area contributed by atoms with Crippen LogP contribution in [0, 0.1) is 0 Å². The Morgan fingerprint density at radius 1 is 1.14 bits per heavy atom. The van der Waals surface area contributed by atoms with Crippen LogP contribution in [0.2, 0.25) is 0 Å². The molecule has 0 aliphatic heterocycles. The molecule has 0 aliphatic carbocycles. The Balaban J connectivity index is 2.10. The highest BCUT2D eigenvalue weighted by atomic mass is 32.2. The second kappa shape index (κ2) is 6.68. The first-order chi connectivity index (χ1) is 10.5. The molecule has 3 N–H and O–H groups in total. The van der Waals surface area contributed by atoms with E-state index in [1.165, 1.54) is 42.9 Å². The van der Waals surface area contributed by atoms with Gasteiger partial charge in [-0.15, -0.1) is 0 Å². The van der Waals surface area contributed by atoms with Gasteiger partial charge in [0.1, 0.15) is 0 Å². The highest BCUT2D eigenvalue weighted by molar-refractivity contribution is 7.92. The standard InChI is InChI=1S/C13H12N4O4S/c18-12(19)6-9-14-10-2-4-11(5-3-10)22(20,21)17-13-15-7-1-8-16-13/h1-9,14H,(H,18,19)(H,15,16,17). The summed E-state index contributed by atoms with van der Waals surface area (Å²) in [5, 5.41) is 11.2. The van der Waals surface area contributed by atoms with Crippen molar-refractivity contribution in [2.24, 2.45) is 0 Å². The van der Waals surface area contributed by atoms with Crippen molar-refractivity contribution >= 4 is 27.6 Å². The number of nitrogens with zero attached hydrogens (tertiary/aromatic N) is 2. The minimum Gasteiger partial charge on any atom is -0.478 e. The lowest BCUT2D eigenvalue weighted by Crippen LogP contribution is -2.14. The molecular formula is C13H12N4O4S. The Morgan fingerprint density at radius 3 is 2.36 bits per heavy atom. The lowest BCUT2D eigenvalue weighted by Gasteiger charge is -2.07. The highest BCUT2D eigenvalue weighted by Crippen LogP contribution is 2.16. The van der Waals surface area contributed by atoms with Crippen molar-refractivity contribution in [2.45, 2.75) is 4.90 Å². The lowest BCUT2D eigenvalue weighted by molar-refractivity contribution is -0.131. The number of aliphatic carboxylic acids is 1. The van der Waals surface area contributed by atoms with Gasteiger partial charge >= 0.3 is 5.97 Å². The number of carboxylic acid groups (broad SMARTS) is 1.